The van der Waals surface area contributed by atoms with Crippen molar-refractivity contribution in [2.24, 2.45) is 0 Å². The third kappa shape index (κ3) is 7.71. The van der Waals surface area contributed by atoms with Crippen LogP contribution in [0.15, 0.2) is 114 Å². The van der Waals surface area contributed by atoms with Crippen molar-refractivity contribution in [3.05, 3.63) is 120 Å². The first kappa shape index (κ1) is 35.2. The van der Waals surface area contributed by atoms with Gasteiger partial charge in [-0.1, -0.05) is 60.7 Å². The van der Waals surface area contributed by atoms with Gasteiger partial charge >= 0.3 is 0 Å². The Bertz CT molecular complexity index is 1920. The maximum absolute atomic E-state index is 13.2. The zero-order chi connectivity index (χ0) is 36.9. The number of anilines is 2. The van der Waals surface area contributed by atoms with Gasteiger partial charge in [0.25, 0.3) is 11.8 Å². The maximum Gasteiger partial charge on any atom is 0.256 e. The number of aromatic nitrogens is 2. The summed E-state index contributed by atoms with van der Waals surface area (Å²) in [6.45, 7) is 0.776. The highest BCUT2D eigenvalue weighted by atomic mass is 16.4. The largest absolute Gasteiger partial charge is 0.416 e. The number of hydrogen-bond donors (Lipinski definition) is 4. The topological polar surface area (TPSA) is 178 Å². The van der Waals surface area contributed by atoms with E-state index in [2.05, 4.69) is 20.8 Å². The molecule has 0 radical (unpaired) electrons. The molecule has 0 saturated carbocycles. The van der Waals surface area contributed by atoms with Crippen molar-refractivity contribution in [2.75, 3.05) is 23.7 Å². The Hall–Kier alpha value is -6.18. The lowest BCUT2D eigenvalue weighted by Crippen LogP contribution is -2.45. The number of carbonyl (C=O) groups is 4. The first-order valence-corrected chi connectivity index (χ1v) is 17.5. The summed E-state index contributed by atoms with van der Waals surface area (Å²) in [6, 6.07) is 29.7. The predicted octanol–water partition coefficient (Wildman–Crippen LogP) is 4.73. The van der Waals surface area contributed by atoms with Gasteiger partial charge in [-0.05, 0) is 85.3 Å². The van der Waals surface area contributed by atoms with Gasteiger partial charge in [-0.3, -0.25) is 19.2 Å². The summed E-state index contributed by atoms with van der Waals surface area (Å²) in [5.41, 5.74) is 3.26. The van der Waals surface area contributed by atoms with E-state index in [9.17, 15) is 29.4 Å². The van der Waals surface area contributed by atoms with Gasteiger partial charge in [0.2, 0.25) is 23.6 Å². The van der Waals surface area contributed by atoms with E-state index in [1.54, 1.807) is 109 Å². The lowest BCUT2D eigenvalue weighted by Gasteiger charge is -2.26. The number of amides is 4. The molecule has 7 rings (SSSR count). The van der Waals surface area contributed by atoms with E-state index < -0.39 is 36.1 Å². The monoisotopic (exact) mass is 714 g/mol. The summed E-state index contributed by atoms with van der Waals surface area (Å²) in [7, 11) is 0. The summed E-state index contributed by atoms with van der Waals surface area (Å²) in [6.07, 6.45) is -0.371. The summed E-state index contributed by atoms with van der Waals surface area (Å²) < 4.78 is 5.93. The van der Waals surface area contributed by atoms with E-state index in [4.69, 9.17) is 4.42 Å². The fourth-order valence-corrected chi connectivity index (χ4v) is 6.78. The summed E-state index contributed by atoms with van der Waals surface area (Å²) >= 11 is 0. The van der Waals surface area contributed by atoms with Crippen molar-refractivity contribution in [2.45, 2.75) is 50.0 Å². The highest BCUT2D eigenvalue weighted by Crippen LogP contribution is 2.29. The number of rotatable bonds is 10. The third-order valence-corrected chi connectivity index (χ3v) is 9.60. The van der Waals surface area contributed by atoms with E-state index in [1.807, 2.05) is 0 Å². The van der Waals surface area contributed by atoms with Gasteiger partial charge in [0.15, 0.2) is 12.2 Å². The third-order valence-electron chi connectivity index (χ3n) is 9.60. The molecular formula is C40H38N6O7. The Balaban J connectivity index is 0.938. The minimum absolute atomic E-state index is 0.265. The van der Waals surface area contributed by atoms with Crippen LogP contribution >= 0.6 is 0 Å². The molecule has 4 aromatic carbocycles. The van der Waals surface area contributed by atoms with Crippen LogP contribution in [0.25, 0.3) is 22.9 Å². The maximum atomic E-state index is 13.2. The van der Waals surface area contributed by atoms with Gasteiger partial charge in [-0.2, -0.15) is 0 Å². The lowest BCUT2D eigenvalue weighted by atomic mass is 10.1. The van der Waals surface area contributed by atoms with Crippen molar-refractivity contribution in [1.29, 1.82) is 0 Å². The molecule has 2 aliphatic heterocycles. The van der Waals surface area contributed by atoms with E-state index in [-0.39, 0.29) is 23.6 Å². The van der Waals surface area contributed by atoms with Crippen molar-refractivity contribution >= 4 is 35.0 Å². The average molecular weight is 715 g/mol. The standard InChI is InChI=1S/C40H38N6O7/c47-33(25-9-3-1-4-10-25)39(51)45-23-7-13-31(45)35(49)41-29-19-15-27(16-20-29)37-43-44-38(53-37)28-17-21-30(22-18-28)42-36(50)32-14-8-24-46(32)40(52)34(48)26-11-5-2-6-12-26/h1-6,9-12,15-22,31-34,47-48H,7-8,13-14,23-24H2,(H,41,49)(H,42,50)/t31-,32-,33-,34-/m0/s1. The SMILES string of the molecule is O=C(Nc1ccc(-c2nnc(-c3ccc(NC(=O)[C@@H]4CCCN4C(=O)[C@@H](O)c4ccccc4)cc3)o2)cc1)[C@@H]1CCCN1C(=O)[C@@H](O)c1ccccc1. The Kier molecular flexibility index (Phi) is 10.4. The van der Waals surface area contributed by atoms with Crippen LogP contribution in [0.4, 0.5) is 11.4 Å². The summed E-state index contributed by atoms with van der Waals surface area (Å²) in [4.78, 5) is 55.4. The first-order valence-electron chi connectivity index (χ1n) is 17.5. The summed E-state index contributed by atoms with van der Waals surface area (Å²) in [5.74, 6) is -1.14. The second-order valence-electron chi connectivity index (χ2n) is 13.1. The smallest absolute Gasteiger partial charge is 0.256 e. The van der Waals surface area contributed by atoms with Crippen molar-refractivity contribution in [3.8, 4) is 22.9 Å². The molecule has 270 valence electrons. The highest BCUT2D eigenvalue weighted by Gasteiger charge is 2.38. The fourth-order valence-electron chi connectivity index (χ4n) is 6.78. The lowest BCUT2D eigenvalue weighted by molar-refractivity contribution is -0.144. The molecular weight excluding hydrogens is 676 g/mol. The number of benzene rings is 4. The average Bonchev–Trinajstić information content (AvgIpc) is 4.00. The highest BCUT2D eigenvalue weighted by molar-refractivity contribution is 5.99. The van der Waals surface area contributed by atoms with Crippen LogP contribution in [0.1, 0.15) is 49.0 Å². The van der Waals surface area contributed by atoms with Gasteiger partial charge in [-0.25, -0.2) is 0 Å². The zero-order valence-electron chi connectivity index (χ0n) is 28.7. The zero-order valence-corrected chi connectivity index (χ0v) is 28.7. The molecule has 4 amide bonds. The Morgan fingerprint density at radius 1 is 0.585 bits per heavy atom. The Morgan fingerprint density at radius 3 is 1.34 bits per heavy atom. The van der Waals surface area contributed by atoms with Gasteiger partial charge in [0, 0.05) is 35.6 Å². The molecule has 1 aromatic heterocycles. The molecule has 53 heavy (non-hydrogen) atoms. The number of nitrogens with zero attached hydrogens (tertiary/aromatic N) is 4. The van der Waals surface area contributed by atoms with Gasteiger partial charge in [-0.15, -0.1) is 10.2 Å². The van der Waals surface area contributed by atoms with Crippen LogP contribution < -0.4 is 10.6 Å². The number of likely N-dealkylation sites (tertiary alicyclic amines) is 2. The molecule has 0 unspecified atom stereocenters. The molecule has 4 atom stereocenters. The second-order valence-corrected chi connectivity index (χ2v) is 13.1. The number of aliphatic hydroxyl groups excluding tert-OH is 2. The molecule has 13 heteroatoms. The molecule has 5 aromatic rings. The number of aliphatic hydroxyl groups is 2. The van der Waals surface area contributed by atoms with Crippen LogP contribution in [0.3, 0.4) is 0 Å². The minimum atomic E-state index is -1.34. The molecule has 0 aliphatic carbocycles. The fraction of sp³-hybridized carbons (Fsp3) is 0.250. The van der Waals surface area contributed by atoms with Crippen LogP contribution in [0, 0.1) is 0 Å². The predicted molar refractivity (Wildman–Crippen MR) is 195 cm³/mol. The van der Waals surface area contributed by atoms with Crippen molar-refractivity contribution < 1.29 is 33.8 Å². The van der Waals surface area contributed by atoms with Crippen LogP contribution in [0.5, 0.6) is 0 Å². The number of carbonyl (C=O) groups excluding carboxylic acids is 4. The van der Waals surface area contributed by atoms with Crippen molar-refractivity contribution in [3.63, 3.8) is 0 Å². The van der Waals surface area contributed by atoms with E-state index >= 15 is 0 Å². The van der Waals surface area contributed by atoms with Crippen molar-refractivity contribution in [1.82, 2.24) is 20.0 Å². The molecule has 2 aliphatic rings. The minimum Gasteiger partial charge on any atom is -0.416 e. The van der Waals surface area contributed by atoms with E-state index in [0.717, 1.165) is 0 Å². The quantitative estimate of drug-likeness (QED) is 0.159. The molecule has 0 spiro atoms. The molecule has 4 N–H and O–H groups in total. The van der Waals surface area contributed by atoms with Gasteiger partial charge in [0.05, 0.1) is 0 Å². The number of hydrogen-bond acceptors (Lipinski definition) is 9. The Morgan fingerprint density at radius 2 is 0.962 bits per heavy atom. The van der Waals surface area contributed by atoms with Crippen LogP contribution in [-0.2, 0) is 19.2 Å². The molecule has 0 bridgehead atoms. The summed E-state index contributed by atoms with van der Waals surface area (Å²) in [5, 5.41) is 35.3. The first-order chi connectivity index (χ1) is 25.8. The molecule has 2 saturated heterocycles. The Labute approximate surface area is 305 Å². The molecule has 2 fully saturated rings. The van der Waals surface area contributed by atoms with Gasteiger partial charge < -0.3 is 35.1 Å². The van der Waals surface area contributed by atoms with Gasteiger partial charge in [0.1, 0.15) is 12.1 Å². The van der Waals surface area contributed by atoms with E-state index in [1.165, 1.54) is 9.80 Å². The normalized spacial score (nSPS) is 18.0. The number of nitrogens with one attached hydrogen (secondary N) is 2. The molecule has 3 heterocycles. The second kappa shape index (κ2) is 15.6. The van der Waals surface area contributed by atoms with Crippen LogP contribution in [0.2, 0.25) is 0 Å². The molecule has 13 nitrogen and oxygen atoms in total. The van der Waals surface area contributed by atoms with E-state index in [0.29, 0.717) is 72.4 Å². The van der Waals surface area contributed by atoms with Crippen LogP contribution in [-0.4, -0.2) is 79.0 Å².